The van der Waals surface area contributed by atoms with Crippen LogP contribution in [0.3, 0.4) is 0 Å². The van der Waals surface area contributed by atoms with Gasteiger partial charge in [-0.15, -0.1) is 0 Å². The molecule has 0 amide bonds. The summed E-state index contributed by atoms with van der Waals surface area (Å²) in [6.07, 6.45) is 0.651. The first-order chi connectivity index (χ1) is 8.04. The molecule has 0 aromatic heterocycles. The van der Waals surface area contributed by atoms with Crippen LogP contribution in [-0.4, -0.2) is 18.6 Å². The van der Waals surface area contributed by atoms with Gasteiger partial charge in [0, 0.05) is 12.0 Å². The van der Waals surface area contributed by atoms with Crippen LogP contribution in [0.15, 0.2) is 4.90 Å². The molecule has 100 valence electrons. The number of benzene rings is 1. The summed E-state index contributed by atoms with van der Waals surface area (Å²) in [5, 5.41) is 0. The van der Waals surface area contributed by atoms with Crippen molar-refractivity contribution < 1.29 is 17.7 Å². The third kappa shape index (κ3) is 1.91. The molecule has 1 heterocycles. The molecule has 1 aliphatic rings. The zero-order valence-corrected chi connectivity index (χ0v) is 12.1. The Morgan fingerprint density at radius 2 is 1.67 bits per heavy atom. The average Bonchev–Trinajstić information content (AvgIpc) is 2.49. The molecule has 1 aromatic rings. The number of rotatable bonds is 1. The Hall–Kier alpha value is -1.07. The van der Waals surface area contributed by atoms with Crippen LogP contribution in [0.4, 0.5) is 0 Å². The summed E-state index contributed by atoms with van der Waals surface area (Å²) in [6, 6.07) is 0. The van der Waals surface area contributed by atoms with Crippen LogP contribution in [0, 0.1) is 20.8 Å². The van der Waals surface area contributed by atoms with Gasteiger partial charge in [-0.2, -0.15) is 8.42 Å². The highest BCUT2D eigenvalue weighted by Crippen LogP contribution is 2.43. The van der Waals surface area contributed by atoms with Crippen molar-refractivity contribution >= 4 is 10.1 Å². The van der Waals surface area contributed by atoms with Crippen LogP contribution in [0.1, 0.15) is 36.1 Å². The summed E-state index contributed by atoms with van der Waals surface area (Å²) in [5.41, 5.74) is 2.50. The number of hydrogen-bond acceptors (Lipinski definition) is 3. The lowest BCUT2D eigenvalue weighted by atomic mass is 9.94. The number of ether oxygens (including phenoxy) is 1. The predicted octanol–water partition coefficient (Wildman–Crippen LogP) is 2.57. The minimum atomic E-state index is -4.20. The zero-order valence-electron chi connectivity index (χ0n) is 11.3. The highest BCUT2D eigenvalue weighted by Gasteiger charge is 2.36. The molecular formula is C13H18O4S. The van der Waals surface area contributed by atoms with E-state index in [0.29, 0.717) is 17.5 Å². The summed E-state index contributed by atoms with van der Waals surface area (Å²) >= 11 is 0. The van der Waals surface area contributed by atoms with E-state index in [9.17, 15) is 13.0 Å². The van der Waals surface area contributed by atoms with Gasteiger partial charge in [-0.25, -0.2) is 0 Å². The third-order valence-corrected chi connectivity index (χ3v) is 4.68. The lowest BCUT2D eigenvalue weighted by molar-refractivity contribution is 0.137. The monoisotopic (exact) mass is 270 g/mol. The van der Waals surface area contributed by atoms with E-state index in [0.717, 1.165) is 16.9 Å². The van der Waals surface area contributed by atoms with Crippen molar-refractivity contribution in [2.24, 2.45) is 0 Å². The molecule has 0 fully saturated rings. The van der Waals surface area contributed by atoms with Gasteiger partial charge in [-0.05, 0) is 51.3 Å². The van der Waals surface area contributed by atoms with Gasteiger partial charge in [0.25, 0.3) is 10.1 Å². The smallest absolute Gasteiger partial charge is 0.295 e. The minimum Gasteiger partial charge on any atom is -0.487 e. The minimum absolute atomic E-state index is 0.0278. The molecular weight excluding hydrogens is 252 g/mol. The van der Waals surface area contributed by atoms with Crippen LogP contribution in [-0.2, 0) is 16.5 Å². The van der Waals surface area contributed by atoms with Gasteiger partial charge >= 0.3 is 0 Å². The fourth-order valence-electron chi connectivity index (χ4n) is 2.63. The number of hydrogen-bond donors (Lipinski definition) is 1. The fraction of sp³-hybridized carbons (Fsp3) is 0.538. The van der Waals surface area contributed by atoms with Crippen LogP contribution in [0.2, 0.25) is 0 Å². The van der Waals surface area contributed by atoms with Gasteiger partial charge in [0.1, 0.15) is 16.2 Å². The fourth-order valence-corrected chi connectivity index (χ4v) is 3.68. The first-order valence-electron chi connectivity index (χ1n) is 5.84. The molecule has 0 bridgehead atoms. The van der Waals surface area contributed by atoms with Crippen molar-refractivity contribution in [3.05, 3.63) is 22.3 Å². The van der Waals surface area contributed by atoms with Crippen molar-refractivity contribution in [2.75, 3.05) is 0 Å². The molecule has 1 aromatic carbocycles. The Labute approximate surface area is 108 Å². The molecule has 0 saturated carbocycles. The van der Waals surface area contributed by atoms with Crippen LogP contribution in [0.25, 0.3) is 0 Å². The molecule has 0 aliphatic carbocycles. The largest absolute Gasteiger partial charge is 0.487 e. The Morgan fingerprint density at radius 1 is 1.11 bits per heavy atom. The Morgan fingerprint density at radius 3 is 2.17 bits per heavy atom. The maximum atomic E-state index is 11.5. The normalized spacial score (nSPS) is 17.4. The van der Waals surface area contributed by atoms with Crippen molar-refractivity contribution in [2.45, 2.75) is 51.5 Å². The molecule has 2 rings (SSSR count). The van der Waals surface area contributed by atoms with E-state index in [1.165, 1.54) is 0 Å². The van der Waals surface area contributed by atoms with E-state index in [4.69, 9.17) is 4.74 Å². The first-order valence-corrected chi connectivity index (χ1v) is 7.28. The molecule has 0 radical (unpaired) electrons. The lowest BCUT2D eigenvalue weighted by Gasteiger charge is -2.18. The van der Waals surface area contributed by atoms with Crippen molar-refractivity contribution in [1.82, 2.24) is 0 Å². The number of fused-ring (bicyclic) bond motifs is 1. The summed E-state index contributed by atoms with van der Waals surface area (Å²) < 4.78 is 38.3. The van der Waals surface area contributed by atoms with Crippen LogP contribution < -0.4 is 4.74 Å². The first kappa shape index (κ1) is 13.4. The van der Waals surface area contributed by atoms with Crippen LogP contribution in [0.5, 0.6) is 5.75 Å². The molecule has 0 spiro atoms. The van der Waals surface area contributed by atoms with Gasteiger partial charge in [-0.1, -0.05) is 0 Å². The van der Waals surface area contributed by atoms with Crippen molar-refractivity contribution in [3.8, 4) is 5.75 Å². The van der Waals surface area contributed by atoms with Gasteiger partial charge in [0.2, 0.25) is 0 Å². The Bertz CT molecular complexity index is 627. The van der Waals surface area contributed by atoms with E-state index in [-0.39, 0.29) is 10.5 Å². The standard InChI is InChI=1S/C13H18O4S/c1-7-8(2)12(18(14,15)16)9(3)10-6-13(4,5)17-11(7)10/h6H2,1-5H3,(H,14,15,16). The van der Waals surface area contributed by atoms with E-state index in [1.54, 1.807) is 13.8 Å². The molecule has 0 saturated heterocycles. The highest BCUT2D eigenvalue weighted by atomic mass is 32.2. The van der Waals surface area contributed by atoms with Gasteiger partial charge in [0.05, 0.1) is 0 Å². The van der Waals surface area contributed by atoms with E-state index in [2.05, 4.69) is 0 Å². The van der Waals surface area contributed by atoms with E-state index >= 15 is 0 Å². The van der Waals surface area contributed by atoms with Gasteiger partial charge < -0.3 is 4.74 Å². The summed E-state index contributed by atoms with van der Waals surface area (Å²) in [7, 11) is -4.20. The highest BCUT2D eigenvalue weighted by molar-refractivity contribution is 7.86. The van der Waals surface area contributed by atoms with Crippen molar-refractivity contribution in [3.63, 3.8) is 0 Å². The van der Waals surface area contributed by atoms with Gasteiger partial charge in [-0.3, -0.25) is 4.55 Å². The maximum absolute atomic E-state index is 11.5. The summed E-state index contributed by atoms with van der Waals surface area (Å²) in [6.45, 7) is 9.17. The Kier molecular flexibility index (Phi) is 2.76. The maximum Gasteiger partial charge on any atom is 0.295 e. The quantitative estimate of drug-likeness (QED) is 0.797. The second kappa shape index (κ2) is 3.71. The molecule has 4 nitrogen and oxygen atoms in total. The van der Waals surface area contributed by atoms with E-state index in [1.807, 2.05) is 20.8 Å². The van der Waals surface area contributed by atoms with E-state index < -0.39 is 10.1 Å². The van der Waals surface area contributed by atoms with Crippen molar-refractivity contribution in [1.29, 1.82) is 0 Å². The summed E-state index contributed by atoms with van der Waals surface area (Å²) in [4.78, 5) is 0.0278. The average molecular weight is 270 g/mol. The van der Waals surface area contributed by atoms with Gasteiger partial charge in [0.15, 0.2) is 0 Å². The molecule has 0 unspecified atom stereocenters. The molecule has 1 aliphatic heterocycles. The predicted molar refractivity (Wildman–Crippen MR) is 68.9 cm³/mol. The Balaban J connectivity index is 2.83. The summed E-state index contributed by atoms with van der Waals surface area (Å²) in [5.74, 6) is 0.766. The second-order valence-corrected chi connectivity index (χ2v) is 6.88. The topological polar surface area (TPSA) is 63.6 Å². The molecule has 18 heavy (non-hydrogen) atoms. The lowest BCUT2D eigenvalue weighted by Crippen LogP contribution is -2.24. The second-order valence-electron chi connectivity index (χ2n) is 5.53. The van der Waals surface area contributed by atoms with Crippen LogP contribution >= 0.6 is 0 Å². The SMILES string of the molecule is Cc1c(C)c(S(=O)(=O)O)c(C)c2c1OC(C)(C)C2. The molecule has 0 atom stereocenters. The third-order valence-electron chi connectivity index (χ3n) is 3.55. The molecule has 5 heteroatoms. The zero-order chi connectivity index (χ0) is 13.9. The molecule has 1 N–H and O–H groups in total.